The Kier molecular flexibility index (Phi) is 2.61. The number of rotatable bonds is 2. The third-order valence-electron chi connectivity index (χ3n) is 2.52. The lowest BCUT2D eigenvalue weighted by atomic mass is 10.1. The van der Waals surface area contributed by atoms with Gasteiger partial charge in [0, 0.05) is 17.2 Å². The molecule has 1 unspecified atom stereocenters. The van der Waals surface area contributed by atoms with E-state index in [-0.39, 0.29) is 5.37 Å². The van der Waals surface area contributed by atoms with Crippen molar-refractivity contribution in [3.8, 4) is 0 Å². The minimum Gasteiger partial charge on any atom is -0.253 e. The van der Waals surface area contributed by atoms with Gasteiger partial charge in [-0.3, -0.25) is 4.99 Å². The van der Waals surface area contributed by atoms with E-state index in [0.29, 0.717) is 18.8 Å². The van der Waals surface area contributed by atoms with Crippen molar-refractivity contribution in [1.82, 2.24) is 5.06 Å². The fraction of sp³-hybridized carbons (Fsp3) is 0.300. The fourth-order valence-corrected chi connectivity index (χ4v) is 4.31. The molecule has 2 aliphatic heterocycles. The van der Waals surface area contributed by atoms with Gasteiger partial charge in [0.15, 0.2) is 0 Å². The van der Waals surface area contributed by atoms with Gasteiger partial charge in [-0.15, -0.1) is 4.28 Å². The molecule has 0 radical (unpaired) electrons. The highest BCUT2D eigenvalue weighted by Crippen LogP contribution is 2.34. The summed E-state index contributed by atoms with van der Waals surface area (Å²) in [6.45, 7) is 0.506. The molecule has 1 aromatic rings. The van der Waals surface area contributed by atoms with Crippen LogP contribution in [0.5, 0.6) is 0 Å². The van der Waals surface area contributed by atoms with Crippen LogP contribution in [0.15, 0.2) is 35.3 Å². The maximum Gasteiger partial charge on any atom is 0.345 e. The third-order valence-corrected chi connectivity index (χ3v) is 5.15. The van der Waals surface area contributed by atoms with Gasteiger partial charge < -0.3 is 0 Å². The third kappa shape index (κ3) is 2.31. The lowest BCUT2D eigenvalue weighted by Crippen LogP contribution is -2.35. The molecule has 0 spiro atoms. The van der Waals surface area contributed by atoms with Crippen LogP contribution in [0.4, 0.5) is 0 Å². The van der Waals surface area contributed by atoms with Crippen LogP contribution in [0, 0.1) is 0 Å². The molecular formula is C10H10N2O3S2. The summed E-state index contributed by atoms with van der Waals surface area (Å²) < 4.78 is 27.6. The Balaban J connectivity index is 1.81. The van der Waals surface area contributed by atoms with Crippen molar-refractivity contribution in [2.24, 2.45) is 4.99 Å². The van der Waals surface area contributed by atoms with Crippen LogP contribution in [-0.4, -0.2) is 31.2 Å². The molecule has 0 N–H and O–H groups in total. The molecule has 2 bridgehead atoms. The summed E-state index contributed by atoms with van der Waals surface area (Å²) in [7, 11) is -2.75. The van der Waals surface area contributed by atoms with Crippen molar-refractivity contribution in [3.63, 3.8) is 0 Å². The van der Waals surface area contributed by atoms with Crippen LogP contribution in [-0.2, 0) is 19.9 Å². The molecule has 1 aromatic carbocycles. The molecule has 0 amide bonds. The summed E-state index contributed by atoms with van der Waals surface area (Å²) in [5.74, 6) is 0.676. The van der Waals surface area contributed by atoms with Gasteiger partial charge in [0.2, 0.25) is 0 Å². The maximum absolute atomic E-state index is 11.3. The van der Waals surface area contributed by atoms with Gasteiger partial charge >= 0.3 is 9.15 Å². The molecule has 1 saturated heterocycles. The van der Waals surface area contributed by atoms with Crippen molar-refractivity contribution < 1.29 is 12.7 Å². The molecule has 5 nitrogen and oxygen atoms in total. The van der Waals surface area contributed by atoms with E-state index in [1.54, 1.807) is 0 Å². The van der Waals surface area contributed by atoms with E-state index in [2.05, 4.69) is 4.99 Å². The number of hydrogen-bond acceptors (Lipinski definition) is 6. The Morgan fingerprint density at radius 2 is 2.18 bits per heavy atom. The molecule has 90 valence electrons. The summed E-state index contributed by atoms with van der Waals surface area (Å²) >= 11 is 0. The molecule has 2 aliphatic rings. The van der Waals surface area contributed by atoms with Gasteiger partial charge in [0.05, 0.1) is 6.54 Å². The topological polar surface area (TPSA) is 59.0 Å². The van der Waals surface area contributed by atoms with E-state index in [4.69, 9.17) is 4.28 Å². The van der Waals surface area contributed by atoms with E-state index < -0.39 is 9.15 Å². The first-order valence-electron chi connectivity index (χ1n) is 5.13. The first-order chi connectivity index (χ1) is 8.12. The number of aliphatic imine (C=N–C) groups is 1. The minimum absolute atomic E-state index is 0.257. The first kappa shape index (κ1) is 11.1. The monoisotopic (exact) mass is 270 g/mol. The van der Waals surface area contributed by atoms with Gasteiger partial charge in [0.1, 0.15) is 11.2 Å². The van der Waals surface area contributed by atoms with E-state index in [0.717, 1.165) is 16.4 Å². The van der Waals surface area contributed by atoms with Gasteiger partial charge in [0.25, 0.3) is 0 Å². The van der Waals surface area contributed by atoms with Crippen LogP contribution < -0.4 is 0 Å². The van der Waals surface area contributed by atoms with Crippen molar-refractivity contribution in [1.29, 1.82) is 0 Å². The van der Waals surface area contributed by atoms with Crippen LogP contribution in [0.25, 0.3) is 0 Å². The maximum atomic E-state index is 11.3. The molecule has 3 rings (SSSR count). The highest BCUT2D eigenvalue weighted by atomic mass is 33.1. The van der Waals surface area contributed by atoms with Gasteiger partial charge in [-0.25, -0.2) is 5.06 Å². The first-order valence-corrected chi connectivity index (χ1v) is 7.94. The van der Waals surface area contributed by atoms with Crippen molar-refractivity contribution in [2.75, 3.05) is 6.54 Å². The largest absolute Gasteiger partial charge is 0.345 e. The Morgan fingerprint density at radius 1 is 1.41 bits per heavy atom. The summed E-state index contributed by atoms with van der Waals surface area (Å²) in [6.07, 6.45) is 0.591. The Labute approximate surface area is 103 Å². The van der Waals surface area contributed by atoms with Gasteiger partial charge in [-0.1, -0.05) is 30.3 Å². The lowest BCUT2D eigenvalue weighted by Gasteiger charge is -2.22. The summed E-state index contributed by atoms with van der Waals surface area (Å²) in [6, 6.07) is 9.79. The number of hydrogen-bond donors (Lipinski definition) is 0. The average molecular weight is 270 g/mol. The molecule has 2 heterocycles. The normalized spacial score (nSPS) is 25.8. The van der Waals surface area contributed by atoms with Crippen LogP contribution >= 0.6 is 10.8 Å². The van der Waals surface area contributed by atoms with Gasteiger partial charge in [-0.05, 0) is 5.56 Å². The van der Waals surface area contributed by atoms with Crippen LogP contribution in [0.3, 0.4) is 0 Å². The molecule has 1 fully saturated rings. The molecular weight excluding hydrogens is 260 g/mol. The summed E-state index contributed by atoms with van der Waals surface area (Å²) in [5, 5.41) is 1.12. The Bertz CT molecular complexity index is 556. The standard InChI is InChI=1S/C10H10N2O3S2/c13-17(14)15-12-7-10(16-17)11-9(12)6-8-4-2-1-3-5-8/h1-5,10H,6-7H2. The molecule has 17 heavy (non-hydrogen) atoms. The van der Waals surface area contributed by atoms with Gasteiger partial charge in [-0.2, -0.15) is 8.42 Å². The lowest BCUT2D eigenvalue weighted by molar-refractivity contribution is 0.0379. The molecule has 0 aliphatic carbocycles. The summed E-state index contributed by atoms with van der Waals surface area (Å²) in [4.78, 5) is 4.34. The number of amidine groups is 1. The zero-order chi connectivity index (χ0) is 11.9. The summed E-state index contributed by atoms with van der Waals surface area (Å²) in [5.41, 5.74) is 1.09. The zero-order valence-corrected chi connectivity index (χ0v) is 10.4. The highest BCUT2D eigenvalue weighted by molar-refractivity contribution is 8.70. The molecule has 1 atom stereocenters. The minimum atomic E-state index is -3.52. The van der Waals surface area contributed by atoms with Crippen molar-refractivity contribution in [2.45, 2.75) is 11.8 Å². The van der Waals surface area contributed by atoms with Crippen LogP contribution in [0.2, 0.25) is 0 Å². The number of nitrogens with zero attached hydrogens (tertiary/aromatic N) is 2. The highest BCUT2D eigenvalue weighted by Gasteiger charge is 2.39. The molecule has 0 saturated carbocycles. The second-order valence-electron chi connectivity index (χ2n) is 3.80. The molecule has 7 heteroatoms. The van der Waals surface area contributed by atoms with E-state index in [9.17, 15) is 8.42 Å². The predicted molar refractivity (Wildman–Crippen MR) is 65.7 cm³/mol. The molecule has 0 aromatic heterocycles. The average Bonchev–Trinajstić information content (AvgIpc) is 2.54. The van der Waals surface area contributed by atoms with Crippen molar-refractivity contribution in [3.05, 3.63) is 35.9 Å². The van der Waals surface area contributed by atoms with Crippen LogP contribution in [0.1, 0.15) is 5.56 Å². The Morgan fingerprint density at radius 3 is 2.94 bits per heavy atom. The van der Waals surface area contributed by atoms with E-state index in [1.807, 2.05) is 30.3 Å². The number of fused-ring (bicyclic) bond motifs is 2. The number of benzene rings is 1. The quantitative estimate of drug-likeness (QED) is 0.756. The second-order valence-corrected chi connectivity index (χ2v) is 7.31. The predicted octanol–water partition coefficient (Wildman–Crippen LogP) is 1.19. The second kappa shape index (κ2) is 4.01. The SMILES string of the molecule is O=S1(=O)ON2CC(N=C2Cc2ccccc2)S1. The zero-order valence-electron chi connectivity index (χ0n) is 8.81. The van der Waals surface area contributed by atoms with E-state index in [1.165, 1.54) is 5.06 Å². The van der Waals surface area contributed by atoms with E-state index >= 15 is 0 Å². The smallest absolute Gasteiger partial charge is 0.253 e. The number of hydroxylamine groups is 2. The van der Waals surface area contributed by atoms with Crippen molar-refractivity contribution >= 4 is 25.8 Å². The Hall–Kier alpha value is -1.05. The fourth-order valence-electron chi connectivity index (χ4n) is 1.82.